The topological polar surface area (TPSA) is 80.2 Å². The highest BCUT2D eigenvalue weighted by Gasteiger charge is 2.35. The molecule has 0 spiro atoms. The van der Waals surface area contributed by atoms with Gasteiger partial charge in [-0.2, -0.15) is 13.2 Å². The highest BCUT2D eigenvalue weighted by atomic mass is 32.1. The monoisotopic (exact) mass is 401 g/mol. The number of ether oxygens (including phenoxy) is 1. The van der Waals surface area contributed by atoms with Gasteiger partial charge in [-0.25, -0.2) is 15.0 Å². The van der Waals surface area contributed by atoms with Gasteiger partial charge in [0.1, 0.15) is 0 Å². The second kappa shape index (κ2) is 8.28. The molecule has 0 aromatic carbocycles. The van der Waals surface area contributed by atoms with Crippen LogP contribution in [0, 0.1) is 0 Å². The van der Waals surface area contributed by atoms with E-state index in [1.54, 1.807) is 6.20 Å². The van der Waals surface area contributed by atoms with Crippen LogP contribution in [0.4, 0.5) is 18.3 Å². The summed E-state index contributed by atoms with van der Waals surface area (Å²) in [4.78, 5) is 25.2. The second-order valence-electron chi connectivity index (χ2n) is 6.11. The van der Waals surface area contributed by atoms with E-state index in [1.807, 2.05) is 0 Å². The molecule has 2 aromatic heterocycles. The van der Waals surface area contributed by atoms with Crippen LogP contribution in [-0.2, 0) is 28.7 Å². The second-order valence-corrected chi connectivity index (χ2v) is 7.23. The van der Waals surface area contributed by atoms with Crippen LogP contribution in [0.5, 0.6) is 0 Å². The van der Waals surface area contributed by atoms with Crippen molar-refractivity contribution in [1.82, 2.24) is 19.9 Å². The first-order valence-electron chi connectivity index (χ1n) is 8.25. The molecule has 1 aliphatic heterocycles. The fraction of sp³-hybridized carbons (Fsp3) is 0.500. The molecular weight excluding hydrogens is 383 g/mol. The maximum Gasteiger partial charge on any atom is 0.451 e. The van der Waals surface area contributed by atoms with Crippen LogP contribution < -0.4 is 5.32 Å². The molecule has 1 atom stereocenters. The van der Waals surface area contributed by atoms with Crippen LogP contribution in [0.1, 0.15) is 23.3 Å². The summed E-state index contributed by atoms with van der Waals surface area (Å²) in [7, 11) is 0. The van der Waals surface area contributed by atoms with E-state index in [0.29, 0.717) is 37.1 Å². The van der Waals surface area contributed by atoms with Gasteiger partial charge in [-0.1, -0.05) is 0 Å². The predicted octanol–water partition coefficient (Wildman–Crippen LogP) is 2.35. The molecule has 1 saturated heterocycles. The van der Waals surface area contributed by atoms with Crippen LogP contribution in [0.15, 0.2) is 18.5 Å². The van der Waals surface area contributed by atoms with E-state index in [2.05, 4.69) is 25.2 Å². The number of aromatic nitrogens is 3. The van der Waals surface area contributed by atoms with Gasteiger partial charge in [-0.05, 0) is 6.07 Å². The minimum atomic E-state index is -4.56. The molecule has 1 amide bonds. The minimum absolute atomic E-state index is 0.176. The first kappa shape index (κ1) is 19.6. The van der Waals surface area contributed by atoms with Crippen LogP contribution in [-0.4, -0.2) is 51.6 Å². The number of anilines is 1. The number of hydrogen-bond donors (Lipinski definition) is 1. The molecule has 1 fully saturated rings. The number of rotatable bonds is 5. The van der Waals surface area contributed by atoms with Crippen LogP contribution in [0.2, 0.25) is 0 Å². The van der Waals surface area contributed by atoms with E-state index in [-0.39, 0.29) is 18.4 Å². The lowest BCUT2D eigenvalue weighted by atomic mass is 10.1. The van der Waals surface area contributed by atoms with E-state index < -0.39 is 12.0 Å². The SMILES string of the molecule is CC(=O)Nc1ncc(CN2CCOC(Cc3ccnc(C(F)(F)F)n3)C2)s1. The highest BCUT2D eigenvalue weighted by molar-refractivity contribution is 7.15. The molecule has 0 saturated carbocycles. The zero-order valence-electron chi connectivity index (χ0n) is 14.5. The third-order valence-corrected chi connectivity index (χ3v) is 4.74. The largest absolute Gasteiger partial charge is 0.451 e. The number of amides is 1. The van der Waals surface area contributed by atoms with Gasteiger partial charge >= 0.3 is 6.18 Å². The Morgan fingerprint density at radius 1 is 1.44 bits per heavy atom. The first-order valence-corrected chi connectivity index (χ1v) is 9.06. The molecule has 146 valence electrons. The Labute approximate surface area is 157 Å². The van der Waals surface area contributed by atoms with Crippen molar-refractivity contribution in [3.63, 3.8) is 0 Å². The molecule has 1 unspecified atom stereocenters. The molecule has 2 aromatic rings. The van der Waals surface area contributed by atoms with Gasteiger partial charge < -0.3 is 10.1 Å². The average Bonchev–Trinajstić information content (AvgIpc) is 3.01. The number of carbonyl (C=O) groups is 1. The van der Waals surface area contributed by atoms with Gasteiger partial charge in [0.05, 0.1) is 12.7 Å². The standard InChI is InChI=1S/C16H18F3N5O2S/c1-10(25)22-15-21-7-13(27-15)9-24-4-5-26-12(8-24)6-11-2-3-20-14(23-11)16(17,18)19/h2-3,7,12H,4-6,8-9H2,1H3,(H,21,22,25). The van der Waals surface area contributed by atoms with Crippen molar-refractivity contribution in [3.05, 3.63) is 34.9 Å². The van der Waals surface area contributed by atoms with Crippen molar-refractivity contribution in [3.8, 4) is 0 Å². The van der Waals surface area contributed by atoms with E-state index in [9.17, 15) is 18.0 Å². The van der Waals surface area contributed by atoms with E-state index in [0.717, 1.165) is 11.1 Å². The number of nitrogens with one attached hydrogen (secondary N) is 1. The summed E-state index contributed by atoms with van der Waals surface area (Å²) in [6.45, 7) is 3.82. The molecular formula is C16H18F3N5O2S. The lowest BCUT2D eigenvalue weighted by Crippen LogP contribution is -2.42. The number of nitrogens with zero attached hydrogens (tertiary/aromatic N) is 4. The summed E-state index contributed by atoms with van der Waals surface area (Å²) in [6.07, 6.45) is -1.71. The molecule has 7 nitrogen and oxygen atoms in total. The Kier molecular flexibility index (Phi) is 6.02. The summed E-state index contributed by atoms with van der Waals surface area (Å²) >= 11 is 1.39. The molecule has 27 heavy (non-hydrogen) atoms. The van der Waals surface area contributed by atoms with Crippen molar-refractivity contribution in [2.45, 2.75) is 32.2 Å². The van der Waals surface area contributed by atoms with Crippen LogP contribution in [0.3, 0.4) is 0 Å². The summed E-state index contributed by atoms with van der Waals surface area (Å²) in [5.41, 5.74) is 0.301. The van der Waals surface area contributed by atoms with Gasteiger partial charge in [-0.3, -0.25) is 9.69 Å². The molecule has 3 heterocycles. The lowest BCUT2D eigenvalue weighted by Gasteiger charge is -2.32. The third-order valence-electron chi connectivity index (χ3n) is 3.84. The summed E-state index contributed by atoms with van der Waals surface area (Å²) in [5.74, 6) is -1.31. The molecule has 11 heteroatoms. The van der Waals surface area contributed by atoms with Gasteiger partial charge in [0, 0.05) is 55.9 Å². The van der Waals surface area contributed by atoms with E-state index >= 15 is 0 Å². The predicted molar refractivity (Wildman–Crippen MR) is 92.2 cm³/mol. The lowest BCUT2D eigenvalue weighted by molar-refractivity contribution is -0.145. The number of carbonyl (C=O) groups excluding carboxylic acids is 1. The normalized spacial score (nSPS) is 18.4. The van der Waals surface area contributed by atoms with Crippen LogP contribution >= 0.6 is 11.3 Å². The first-order chi connectivity index (χ1) is 12.8. The van der Waals surface area contributed by atoms with Crippen molar-refractivity contribution in [2.75, 3.05) is 25.0 Å². The van der Waals surface area contributed by atoms with Gasteiger partial charge in [0.15, 0.2) is 5.13 Å². The van der Waals surface area contributed by atoms with Gasteiger partial charge in [-0.15, -0.1) is 11.3 Å². The molecule has 0 bridgehead atoms. The number of halogens is 3. The molecule has 3 rings (SSSR count). The zero-order chi connectivity index (χ0) is 19.4. The number of morpholine rings is 1. The van der Waals surface area contributed by atoms with E-state index in [1.165, 1.54) is 24.3 Å². The Hall–Kier alpha value is -2.11. The minimum Gasteiger partial charge on any atom is -0.375 e. The molecule has 0 aliphatic carbocycles. The number of alkyl halides is 3. The van der Waals surface area contributed by atoms with Crippen molar-refractivity contribution in [2.24, 2.45) is 0 Å². The van der Waals surface area contributed by atoms with E-state index in [4.69, 9.17) is 4.74 Å². The van der Waals surface area contributed by atoms with Gasteiger partial charge in [0.25, 0.3) is 0 Å². The highest BCUT2D eigenvalue weighted by Crippen LogP contribution is 2.26. The Balaban J connectivity index is 1.58. The molecule has 1 N–H and O–H groups in total. The summed E-state index contributed by atoms with van der Waals surface area (Å²) in [5, 5.41) is 3.18. The average molecular weight is 401 g/mol. The number of hydrogen-bond acceptors (Lipinski definition) is 7. The fourth-order valence-electron chi connectivity index (χ4n) is 2.74. The summed E-state index contributed by atoms with van der Waals surface area (Å²) in [6, 6.07) is 1.47. The zero-order valence-corrected chi connectivity index (χ0v) is 15.3. The Morgan fingerprint density at radius 3 is 3.00 bits per heavy atom. The van der Waals surface area contributed by atoms with Crippen molar-refractivity contribution < 1.29 is 22.7 Å². The Bertz CT molecular complexity index is 798. The van der Waals surface area contributed by atoms with Gasteiger partial charge in [0.2, 0.25) is 11.7 Å². The molecule has 0 radical (unpaired) electrons. The Morgan fingerprint density at radius 2 is 2.26 bits per heavy atom. The fourth-order valence-corrected chi connectivity index (χ4v) is 3.64. The number of thiazole rings is 1. The van der Waals surface area contributed by atoms with Crippen molar-refractivity contribution in [1.29, 1.82) is 0 Å². The molecule has 1 aliphatic rings. The summed E-state index contributed by atoms with van der Waals surface area (Å²) < 4.78 is 43.9. The van der Waals surface area contributed by atoms with Crippen molar-refractivity contribution >= 4 is 22.4 Å². The maximum atomic E-state index is 12.7. The smallest absolute Gasteiger partial charge is 0.375 e. The third kappa shape index (κ3) is 5.68. The van der Waals surface area contributed by atoms with Crippen LogP contribution in [0.25, 0.3) is 0 Å². The maximum absolute atomic E-state index is 12.7. The quantitative estimate of drug-likeness (QED) is 0.829.